The molecule has 1 aliphatic rings. The maximum Gasteiger partial charge on any atom is 0.226 e. The standard InChI is InChI=1S/C19H37NO3Si/c1-13(18(3,4)5)17(22)20-12-15(11-16(20)14(2)21)23-24(9,10)19(6,7)8/h13,15-16H,11-12H2,1-10H3/t13-,15-,16+/m1/s1. The first-order chi connectivity index (χ1) is 10.6. The number of rotatable bonds is 4. The van der Waals surface area contributed by atoms with E-state index in [0.717, 1.165) is 0 Å². The summed E-state index contributed by atoms with van der Waals surface area (Å²) in [4.78, 5) is 26.8. The zero-order chi connectivity index (χ0) is 19.1. The smallest absolute Gasteiger partial charge is 0.226 e. The highest BCUT2D eigenvalue weighted by molar-refractivity contribution is 6.74. The van der Waals surface area contributed by atoms with Crippen molar-refractivity contribution >= 4 is 20.0 Å². The molecule has 4 nitrogen and oxygen atoms in total. The molecular weight excluding hydrogens is 318 g/mol. The molecule has 0 aromatic carbocycles. The zero-order valence-electron chi connectivity index (χ0n) is 17.3. The van der Waals surface area contributed by atoms with E-state index in [9.17, 15) is 9.59 Å². The molecule has 1 heterocycles. The quantitative estimate of drug-likeness (QED) is 0.708. The van der Waals surface area contributed by atoms with Crippen molar-refractivity contribution in [2.45, 2.75) is 92.1 Å². The fraction of sp³-hybridized carbons (Fsp3) is 0.895. The second kappa shape index (κ2) is 6.91. The average molecular weight is 356 g/mol. The van der Waals surface area contributed by atoms with Gasteiger partial charge in [0.05, 0.1) is 12.1 Å². The maximum atomic E-state index is 12.9. The minimum Gasteiger partial charge on any atom is -0.412 e. The molecule has 5 heteroatoms. The lowest BCUT2D eigenvalue weighted by Gasteiger charge is -2.38. The number of nitrogens with zero attached hydrogens (tertiary/aromatic N) is 1. The molecule has 1 amide bonds. The van der Waals surface area contributed by atoms with Crippen LogP contribution in [0.4, 0.5) is 0 Å². The predicted molar refractivity (Wildman–Crippen MR) is 101 cm³/mol. The van der Waals surface area contributed by atoms with Crippen LogP contribution in [-0.2, 0) is 14.0 Å². The number of ketones is 1. The summed E-state index contributed by atoms with van der Waals surface area (Å²) in [5.41, 5.74) is -0.114. The molecule has 140 valence electrons. The Morgan fingerprint density at radius 2 is 1.62 bits per heavy atom. The van der Waals surface area contributed by atoms with Gasteiger partial charge in [0.15, 0.2) is 14.1 Å². The van der Waals surface area contributed by atoms with Gasteiger partial charge in [0.2, 0.25) is 5.91 Å². The number of carbonyl (C=O) groups is 2. The van der Waals surface area contributed by atoms with E-state index in [1.54, 1.807) is 11.8 Å². The molecule has 1 fully saturated rings. The zero-order valence-corrected chi connectivity index (χ0v) is 18.3. The van der Waals surface area contributed by atoms with Crippen LogP contribution >= 0.6 is 0 Å². The molecule has 0 N–H and O–H groups in total. The van der Waals surface area contributed by atoms with Crippen LogP contribution in [-0.4, -0.2) is 43.6 Å². The SMILES string of the molecule is CC(=O)[C@@H]1C[C@@H](O[Si](C)(C)C(C)(C)C)CN1C(=O)[C@@H](C)C(C)(C)C. The van der Waals surface area contributed by atoms with Gasteiger partial charge < -0.3 is 9.33 Å². The van der Waals surface area contributed by atoms with Crippen LogP contribution in [0.15, 0.2) is 0 Å². The summed E-state index contributed by atoms with van der Waals surface area (Å²) >= 11 is 0. The summed E-state index contributed by atoms with van der Waals surface area (Å²) in [6, 6.07) is -0.336. The van der Waals surface area contributed by atoms with E-state index in [0.29, 0.717) is 13.0 Å². The molecule has 0 saturated carbocycles. The average Bonchev–Trinajstić information content (AvgIpc) is 2.77. The molecule has 0 aliphatic carbocycles. The van der Waals surface area contributed by atoms with Gasteiger partial charge >= 0.3 is 0 Å². The number of hydrogen-bond donors (Lipinski definition) is 0. The fourth-order valence-electron chi connectivity index (χ4n) is 2.72. The van der Waals surface area contributed by atoms with Crippen molar-refractivity contribution in [1.29, 1.82) is 0 Å². The van der Waals surface area contributed by atoms with Crippen molar-refractivity contribution in [1.82, 2.24) is 4.90 Å². The van der Waals surface area contributed by atoms with Gasteiger partial charge in [0.25, 0.3) is 0 Å². The molecule has 0 aromatic rings. The molecule has 0 radical (unpaired) electrons. The van der Waals surface area contributed by atoms with E-state index < -0.39 is 8.32 Å². The summed E-state index contributed by atoms with van der Waals surface area (Å²) in [7, 11) is -1.91. The Bertz CT molecular complexity index is 488. The highest BCUT2D eigenvalue weighted by Gasteiger charge is 2.46. The summed E-state index contributed by atoms with van der Waals surface area (Å²) in [5, 5.41) is 0.120. The van der Waals surface area contributed by atoms with Crippen molar-refractivity contribution in [2.75, 3.05) is 6.54 Å². The molecule has 0 spiro atoms. The minimum atomic E-state index is -1.91. The molecule has 1 rings (SSSR count). The van der Waals surface area contributed by atoms with Crippen LogP contribution in [0, 0.1) is 11.3 Å². The van der Waals surface area contributed by atoms with Crippen molar-refractivity contribution in [3.05, 3.63) is 0 Å². The Morgan fingerprint density at radius 1 is 1.12 bits per heavy atom. The van der Waals surface area contributed by atoms with Gasteiger partial charge in [0, 0.05) is 18.9 Å². The maximum absolute atomic E-state index is 12.9. The van der Waals surface area contributed by atoms with Gasteiger partial charge in [-0.3, -0.25) is 9.59 Å². The van der Waals surface area contributed by atoms with E-state index >= 15 is 0 Å². The van der Waals surface area contributed by atoms with Crippen molar-refractivity contribution < 1.29 is 14.0 Å². The van der Waals surface area contributed by atoms with E-state index in [1.807, 2.05) is 6.92 Å². The van der Waals surface area contributed by atoms with Crippen LogP contribution < -0.4 is 0 Å². The van der Waals surface area contributed by atoms with Crippen LogP contribution in [0.3, 0.4) is 0 Å². The highest BCUT2D eigenvalue weighted by atomic mass is 28.4. The van der Waals surface area contributed by atoms with Gasteiger partial charge in [-0.2, -0.15) is 0 Å². The molecule has 0 bridgehead atoms. The Kier molecular flexibility index (Phi) is 6.15. The monoisotopic (exact) mass is 355 g/mol. The third kappa shape index (κ3) is 4.69. The Labute approximate surface area is 149 Å². The molecule has 0 unspecified atom stereocenters. The summed E-state index contributed by atoms with van der Waals surface area (Å²) < 4.78 is 6.48. The van der Waals surface area contributed by atoms with Crippen LogP contribution in [0.2, 0.25) is 18.1 Å². The lowest BCUT2D eigenvalue weighted by atomic mass is 9.81. The van der Waals surface area contributed by atoms with E-state index in [2.05, 4.69) is 54.6 Å². The van der Waals surface area contributed by atoms with Gasteiger partial charge in [-0.25, -0.2) is 0 Å². The number of carbonyl (C=O) groups excluding carboxylic acids is 2. The van der Waals surface area contributed by atoms with Gasteiger partial charge in [-0.1, -0.05) is 48.5 Å². The summed E-state index contributed by atoms with van der Waals surface area (Å²) in [6.45, 7) is 21.4. The first kappa shape index (κ1) is 21.4. The van der Waals surface area contributed by atoms with E-state index in [-0.39, 0.29) is 40.2 Å². The highest BCUT2D eigenvalue weighted by Crippen LogP contribution is 2.39. The van der Waals surface area contributed by atoms with Crippen molar-refractivity contribution in [2.24, 2.45) is 11.3 Å². The Hall–Kier alpha value is -0.683. The Balaban J connectivity index is 2.96. The number of hydrogen-bond acceptors (Lipinski definition) is 3. The van der Waals surface area contributed by atoms with Crippen LogP contribution in [0.5, 0.6) is 0 Å². The van der Waals surface area contributed by atoms with Crippen LogP contribution in [0.1, 0.15) is 61.8 Å². The minimum absolute atomic E-state index is 0.0316. The van der Waals surface area contributed by atoms with E-state index in [1.165, 1.54) is 0 Å². The van der Waals surface area contributed by atoms with Crippen LogP contribution in [0.25, 0.3) is 0 Å². The topological polar surface area (TPSA) is 46.6 Å². The fourth-order valence-corrected chi connectivity index (χ4v) is 4.08. The van der Waals surface area contributed by atoms with Gasteiger partial charge in [-0.15, -0.1) is 0 Å². The van der Waals surface area contributed by atoms with Crippen molar-refractivity contribution in [3.63, 3.8) is 0 Å². The molecular formula is C19H37NO3Si. The van der Waals surface area contributed by atoms with E-state index in [4.69, 9.17) is 4.43 Å². The molecule has 24 heavy (non-hydrogen) atoms. The van der Waals surface area contributed by atoms with Gasteiger partial charge in [0.1, 0.15) is 0 Å². The third-order valence-electron chi connectivity index (χ3n) is 5.95. The van der Waals surface area contributed by atoms with Gasteiger partial charge in [-0.05, 0) is 30.5 Å². The number of likely N-dealkylation sites (tertiary alicyclic amines) is 1. The largest absolute Gasteiger partial charge is 0.412 e. The third-order valence-corrected chi connectivity index (χ3v) is 10.5. The molecule has 3 atom stereocenters. The molecule has 1 aliphatic heterocycles. The first-order valence-corrected chi connectivity index (χ1v) is 12.0. The van der Waals surface area contributed by atoms with Crippen molar-refractivity contribution in [3.8, 4) is 0 Å². The lowest BCUT2D eigenvalue weighted by molar-refractivity contribution is -0.142. The lowest BCUT2D eigenvalue weighted by Crippen LogP contribution is -2.46. The summed E-state index contributed by atoms with van der Waals surface area (Å²) in [6.07, 6.45) is 0.598. The number of amides is 1. The second-order valence-electron chi connectivity index (χ2n) is 9.94. The number of Topliss-reactive ketones (excluding diaryl/α,β-unsaturated/α-hetero) is 1. The first-order valence-electron chi connectivity index (χ1n) is 9.06. The second-order valence-corrected chi connectivity index (χ2v) is 14.7. The molecule has 0 aromatic heterocycles. The summed E-state index contributed by atoms with van der Waals surface area (Å²) in [5.74, 6) is 0.0146. The Morgan fingerprint density at radius 3 is 2.00 bits per heavy atom. The predicted octanol–water partition coefficient (Wildman–Crippen LogP) is 4.25. The normalized spacial score (nSPS) is 24.2. The molecule has 1 saturated heterocycles.